The summed E-state index contributed by atoms with van der Waals surface area (Å²) in [5.41, 5.74) is 9.13. The van der Waals surface area contributed by atoms with Crippen LogP contribution in [0.15, 0.2) is 11.4 Å². The number of hydrogen-bond acceptors (Lipinski definition) is 4. The van der Waals surface area contributed by atoms with E-state index in [1.165, 1.54) is 17.8 Å². The molecule has 0 saturated carbocycles. The van der Waals surface area contributed by atoms with Gasteiger partial charge in [0.2, 0.25) is 0 Å². The molecule has 0 aromatic carbocycles. The molecule has 3 N–H and O–H groups in total. The van der Waals surface area contributed by atoms with Crippen LogP contribution in [0.5, 0.6) is 0 Å². The fourth-order valence-corrected chi connectivity index (χ4v) is 2.41. The standard InChI is InChI=1S/C10H15N3OS/c11-8-4-7-15-9(8)10(14)12-13-5-2-1-3-6-13/h4,7H,1-3,5-6,11H2,(H,12,14). The number of nitrogens with two attached hydrogens (primary N) is 1. The van der Waals surface area contributed by atoms with E-state index in [2.05, 4.69) is 5.43 Å². The van der Waals surface area contributed by atoms with E-state index in [1.54, 1.807) is 6.07 Å². The van der Waals surface area contributed by atoms with E-state index in [0.29, 0.717) is 10.6 Å². The molecule has 15 heavy (non-hydrogen) atoms. The Bertz CT molecular complexity index is 344. The summed E-state index contributed by atoms with van der Waals surface area (Å²) < 4.78 is 0. The molecule has 1 aliphatic rings. The molecule has 1 aromatic heterocycles. The Labute approximate surface area is 93.0 Å². The number of thiophene rings is 1. The first-order valence-corrected chi connectivity index (χ1v) is 6.04. The van der Waals surface area contributed by atoms with Crippen molar-refractivity contribution < 1.29 is 4.79 Å². The monoisotopic (exact) mass is 225 g/mol. The molecule has 0 aliphatic carbocycles. The number of nitrogen functional groups attached to an aromatic ring is 1. The normalized spacial score (nSPS) is 17.6. The average Bonchev–Trinajstić information content (AvgIpc) is 2.66. The van der Waals surface area contributed by atoms with E-state index in [-0.39, 0.29) is 5.91 Å². The molecule has 2 heterocycles. The van der Waals surface area contributed by atoms with Crippen LogP contribution in [-0.4, -0.2) is 24.0 Å². The number of carbonyl (C=O) groups is 1. The number of anilines is 1. The van der Waals surface area contributed by atoms with Crippen molar-refractivity contribution in [3.8, 4) is 0 Å². The van der Waals surface area contributed by atoms with E-state index in [9.17, 15) is 4.79 Å². The van der Waals surface area contributed by atoms with Crippen molar-refractivity contribution in [2.24, 2.45) is 0 Å². The zero-order valence-corrected chi connectivity index (χ0v) is 9.35. The molecule has 2 rings (SSSR count). The average molecular weight is 225 g/mol. The molecule has 1 aliphatic heterocycles. The lowest BCUT2D eigenvalue weighted by Gasteiger charge is -2.26. The molecular weight excluding hydrogens is 210 g/mol. The smallest absolute Gasteiger partial charge is 0.277 e. The topological polar surface area (TPSA) is 58.4 Å². The lowest BCUT2D eigenvalue weighted by atomic mass is 10.2. The van der Waals surface area contributed by atoms with Crippen LogP contribution >= 0.6 is 11.3 Å². The van der Waals surface area contributed by atoms with Crippen LogP contribution in [0.1, 0.15) is 28.9 Å². The summed E-state index contributed by atoms with van der Waals surface area (Å²) in [6.07, 6.45) is 3.56. The fraction of sp³-hybridized carbons (Fsp3) is 0.500. The third-order valence-corrected chi connectivity index (χ3v) is 3.45. The predicted molar refractivity (Wildman–Crippen MR) is 61.6 cm³/mol. The first-order chi connectivity index (χ1) is 7.27. The van der Waals surface area contributed by atoms with Crippen LogP contribution in [0.25, 0.3) is 0 Å². The number of carbonyl (C=O) groups excluding carboxylic acids is 1. The predicted octanol–water partition coefficient (Wildman–Crippen LogP) is 1.46. The van der Waals surface area contributed by atoms with Crippen molar-refractivity contribution in [2.75, 3.05) is 18.8 Å². The van der Waals surface area contributed by atoms with Gasteiger partial charge in [0.15, 0.2) is 0 Å². The summed E-state index contributed by atoms with van der Waals surface area (Å²) in [5, 5.41) is 3.81. The zero-order valence-electron chi connectivity index (χ0n) is 8.53. The number of hydrogen-bond donors (Lipinski definition) is 2. The van der Waals surface area contributed by atoms with E-state index in [4.69, 9.17) is 5.73 Å². The highest BCUT2D eigenvalue weighted by Gasteiger charge is 2.16. The van der Waals surface area contributed by atoms with E-state index < -0.39 is 0 Å². The maximum atomic E-state index is 11.8. The summed E-state index contributed by atoms with van der Waals surface area (Å²) in [7, 11) is 0. The van der Waals surface area contributed by atoms with Gasteiger partial charge in [0.05, 0.1) is 5.69 Å². The van der Waals surface area contributed by atoms with Crippen molar-refractivity contribution in [3.05, 3.63) is 16.3 Å². The highest BCUT2D eigenvalue weighted by molar-refractivity contribution is 7.12. The summed E-state index contributed by atoms with van der Waals surface area (Å²) in [5.74, 6) is -0.0793. The molecule has 4 nitrogen and oxygen atoms in total. The van der Waals surface area contributed by atoms with Gasteiger partial charge in [-0.15, -0.1) is 11.3 Å². The second kappa shape index (κ2) is 4.63. The van der Waals surface area contributed by atoms with Gasteiger partial charge in [-0.1, -0.05) is 6.42 Å². The number of nitrogens with one attached hydrogen (secondary N) is 1. The third kappa shape index (κ3) is 2.49. The Morgan fingerprint density at radius 1 is 1.40 bits per heavy atom. The minimum absolute atomic E-state index is 0.0793. The molecule has 5 heteroatoms. The molecule has 0 spiro atoms. The van der Waals surface area contributed by atoms with Crippen molar-refractivity contribution in [1.29, 1.82) is 0 Å². The molecule has 0 bridgehead atoms. The Kier molecular flexibility index (Phi) is 3.23. The highest BCUT2D eigenvalue weighted by Crippen LogP contribution is 2.18. The van der Waals surface area contributed by atoms with Crippen LogP contribution in [-0.2, 0) is 0 Å². The summed E-state index contributed by atoms with van der Waals surface area (Å²) in [6.45, 7) is 1.88. The number of rotatable bonds is 2. The van der Waals surface area contributed by atoms with Gasteiger partial charge in [0.1, 0.15) is 4.88 Å². The second-order valence-corrected chi connectivity index (χ2v) is 4.61. The van der Waals surface area contributed by atoms with Crippen molar-refractivity contribution in [3.63, 3.8) is 0 Å². The van der Waals surface area contributed by atoms with Gasteiger partial charge in [-0.2, -0.15) is 0 Å². The summed E-state index contributed by atoms with van der Waals surface area (Å²) >= 11 is 1.38. The molecule has 1 amide bonds. The summed E-state index contributed by atoms with van der Waals surface area (Å²) in [4.78, 5) is 12.4. The first-order valence-electron chi connectivity index (χ1n) is 5.16. The molecule has 1 aromatic rings. The van der Waals surface area contributed by atoms with Crippen LogP contribution in [0.4, 0.5) is 5.69 Å². The van der Waals surface area contributed by atoms with Crippen LogP contribution in [0.2, 0.25) is 0 Å². The number of hydrazine groups is 1. The zero-order chi connectivity index (χ0) is 10.7. The van der Waals surface area contributed by atoms with Crippen LogP contribution in [0, 0.1) is 0 Å². The van der Waals surface area contributed by atoms with Gasteiger partial charge in [-0.25, -0.2) is 5.01 Å². The molecule has 82 valence electrons. The van der Waals surface area contributed by atoms with Crippen molar-refractivity contribution in [2.45, 2.75) is 19.3 Å². The van der Waals surface area contributed by atoms with E-state index in [0.717, 1.165) is 25.9 Å². The Morgan fingerprint density at radius 3 is 2.73 bits per heavy atom. The van der Waals surface area contributed by atoms with Gasteiger partial charge in [0, 0.05) is 13.1 Å². The second-order valence-electron chi connectivity index (χ2n) is 3.69. The Hall–Kier alpha value is -1.07. The minimum atomic E-state index is -0.0793. The first kappa shape index (κ1) is 10.4. The van der Waals surface area contributed by atoms with Crippen LogP contribution < -0.4 is 11.2 Å². The minimum Gasteiger partial charge on any atom is -0.397 e. The molecule has 0 unspecified atom stereocenters. The SMILES string of the molecule is Nc1ccsc1C(=O)NN1CCCCC1. The molecular formula is C10H15N3OS. The van der Waals surface area contributed by atoms with Crippen molar-refractivity contribution >= 4 is 22.9 Å². The lowest BCUT2D eigenvalue weighted by Crippen LogP contribution is -2.44. The third-order valence-electron chi connectivity index (χ3n) is 2.52. The number of nitrogens with zero attached hydrogens (tertiary/aromatic N) is 1. The Morgan fingerprint density at radius 2 is 2.13 bits per heavy atom. The molecule has 0 atom stereocenters. The molecule has 0 radical (unpaired) electrons. The van der Waals surface area contributed by atoms with Gasteiger partial charge < -0.3 is 5.73 Å². The van der Waals surface area contributed by atoms with E-state index >= 15 is 0 Å². The Balaban J connectivity index is 1.94. The quantitative estimate of drug-likeness (QED) is 0.801. The molecule has 1 saturated heterocycles. The van der Waals surface area contributed by atoms with E-state index in [1.807, 2.05) is 10.4 Å². The van der Waals surface area contributed by atoms with Crippen molar-refractivity contribution in [1.82, 2.24) is 10.4 Å². The molecule has 1 fully saturated rings. The number of piperidine rings is 1. The highest BCUT2D eigenvalue weighted by atomic mass is 32.1. The maximum Gasteiger partial charge on any atom is 0.277 e. The largest absolute Gasteiger partial charge is 0.397 e. The summed E-state index contributed by atoms with van der Waals surface area (Å²) in [6, 6.07) is 1.76. The van der Waals surface area contributed by atoms with Gasteiger partial charge in [-0.3, -0.25) is 10.2 Å². The van der Waals surface area contributed by atoms with Gasteiger partial charge in [-0.05, 0) is 24.3 Å². The maximum absolute atomic E-state index is 11.8. The van der Waals surface area contributed by atoms with Crippen LogP contribution in [0.3, 0.4) is 0 Å². The van der Waals surface area contributed by atoms with Gasteiger partial charge in [0.25, 0.3) is 5.91 Å². The lowest BCUT2D eigenvalue weighted by molar-refractivity contribution is 0.0755. The van der Waals surface area contributed by atoms with Gasteiger partial charge >= 0.3 is 0 Å². The number of amides is 1. The fourth-order valence-electron chi connectivity index (χ4n) is 1.70.